The fourth-order valence-electron chi connectivity index (χ4n) is 3.84. The van der Waals surface area contributed by atoms with Crippen LogP contribution in [-0.2, 0) is 0 Å². The lowest BCUT2D eigenvalue weighted by Gasteiger charge is -2.10. The summed E-state index contributed by atoms with van der Waals surface area (Å²) in [6, 6.07) is 17.4. The van der Waals surface area contributed by atoms with Gasteiger partial charge in [0, 0.05) is 27.7 Å². The number of carbonyl (C=O) groups is 2. The van der Waals surface area contributed by atoms with Gasteiger partial charge in [-0.25, -0.2) is 9.82 Å². The first-order valence-electron chi connectivity index (χ1n) is 9.68. The summed E-state index contributed by atoms with van der Waals surface area (Å²) in [5.74, 6) is -1.28. The molecule has 31 heavy (non-hydrogen) atoms. The van der Waals surface area contributed by atoms with Gasteiger partial charge in [-0.05, 0) is 42.3 Å². The van der Waals surface area contributed by atoms with E-state index in [1.54, 1.807) is 31.3 Å². The van der Waals surface area contributed by atoms with Crippen molar-refractivity contribution in [3.63, 3.8) is 0 Å². The molecule has 2 amide bonds. The topological polar surface area (TPSA) is 86.3 Å². The Morgan fingerprint density at radius 2 is 1.87 bits per heavy atom. The van der Waals surface area contributed by atoms with Gasteiger partial charge in [0.05, 0.1) is 17.5 Å². The predicted octanol–water partition coefficient (Wildman–Crippen LogP) is 4.61. The van der Waals surface area contributed by atoms with Crippen molar-refractivity contribution < 1.29 is 14.0 Å². The van der Waals surface area contributed by atoms with E-state index in [0.717, 1.165) is 22.2 Å². The molecule has 0 spiro atoms. The molecule has 3 N–H and O–H groups in total. The molecule has 0 saturated carbocycles. The molecular formula is C24H17FN4O2. The second-order valence-corrected chi connectivity index (χ2v) is 7.29. The summed E-state index contributed by atoms with van der Waals surface area (Å²) in [7, 11) is 0. The van der Waals surface area contributed by atoms with Gasteiger partial charge in [0.2, 0.25) is 0 Å². The van der Waals surface area contributed by atoms with Crippen molar-refractivity contribution in [2.75, 3.05) is 5.32 Å². The minimum atomic E-state index is -0.455. The van der Waals surface area contributed by atoms with E-state index >= 15 is 0 Å². The zero-order valence-corrected chi connectivity index (χ0v) is 16.5. The number of carbonyl (C=O) groups excluding carboxylic acids is 2. The van der Waals surface area contributed by atoms with Crippen LogP contribution in [0.1, 0.15) is 31.8 Å². The summed E-state index contributed by atoms with van der Waals surface area (Å²) < 4.78 is 13.9. The number of hydrazone groups is 1. The highest BCUT2D eigenvalue weighted by atomic mass is 19.1. The van der Waals surface area contributed by atoms with Crippen LogP contribution in [0.5, 0.6) is 0 Å². The van der Waals surface area contributed by atoms with E-state index in [-0.39, 0.29) is 17.0 Å². The number of amides is 2. The molecule has 0 bridgehead atoms. The molecule has 4 aromatic rings. The summed E-state index contributed by atoms with van der Waals surface area (Å²) in [5, 5.41) is 7.54. The normalized spacial score (nSPS) is 12.5. The summed E-state index contributed by atoms with van der Waals surface area (Å²) in [5.41, 5.74) is 7.03. The average Bonchev–Trinajstić information content (AvgIpc) is 3.05. The van der Waals surface area contributed by atoms with Crippen LogP contribution in [0.25, 0.3) is 22.2 Å². The Balaban J connectivity index is 1.64. The lowest BCUT2D eigenvalue weighted by Crippen LogP contribution is -2.18. The van der Waals surface area contributed by atoms with Crippen LogP contribution in [0.4, 0.5) is 10.1 Å². The molecule has 0 radical (unpaired) electrons. The van der Waals surface area contributed by atoms with Crippen molar-refractivity contribution >= 4 is 34.6 Å². The van der Waals surface area contributed by atoms with Crippen LogP contribution < -0.4 is 10.7 Å². The Labute approximate surface area is 176 Å². The summed E-state index contributed by atoms with van der Waals surface area (Å²) in [6.45, 7) is 1.55. The molecule has 0 saturated heterocycles. The van der Waals surface area contributed by atoms with Crippen LogP contribution in [-0.4, -0.2) is 23.0 Å². The first kappa shape index (κ1) is 18.7. The van der Waals surface area contributed by atoms with E-state index < -0.39 is 11.7 Å². The molecule has 0 unspecified atom stereocenters. The Kier molecular flexibility index (Phi) is 4.36. The van der Waals surface area contributed by atoms with E-state index in [0.29, 0.717) is 16.8 Å². The predicted molar refractivity (Wildman–Crippen MR) is 118 cm³/mol. The molecule has 2 heterocycles. The summed E-state index contributed by atoms with van der Waals surface area (Å²) in [6.07, 6.45) is 1.62. The first-order valence-corrected chi connectivity index (χ1v) is 9.68. The Bertz CT molecular complexity index is 1390. The molecule has 1 aliphatic rings. The van der Waals surface area contributed by atoms with Crippen molar-refractivity contribution in [1.29, 1.82) is 0 Å². The summed E-state index contributed by atoms with van der Waals surface area (Å²) in [4.78, 5) is 28.8. The number of aromatic amines is 1. The zero-order valence-electron chi connectivity index (χ0n) is 16.5. The minimum absolute atomic E-state index is 0.232. The number of rotatable bonds is 3. The molecule has 0 atom stereocenters. The second kappa shape index (κ2) is 7.21. The number of benzene rings is 3. The van der Waals surface area contributed by atoms with Gasteiger partial charge in [-0.3, -0.25) is 9.59 Å². The summed E-state index contributed by atoms with van der Waals surface area (Å²) >= 11 is 0. The van der Waals surface area contributed by atoms with Crippen LogP contribution in [0.2, 0.25) is 0 Å². The highest BCUT2D eigenvalue weighted by Crippen LogP contribution is 2.34. The first-order chi connectivity index (χ1) is 15.0. The van der Waals surface area contributed by atoms with Gasteiger partial charge in [0.25, 0.3) is 11.8 Å². The number of nitrogens with one attached hydrogen (secondary N) is 3. The largest absolute Gasteiger partial charge is 0.354 e. The molecule has 5 rings (SSSR count). The number of aromatic nitrogens is 1. The number of hydrogen-bond acceptors (Lipinski definition) is 3. The number of halogens is 1. The second-order valence-electron chi connectivity index (χ2n) is 7.29. The molecule has 0 aliphatic carbocycles. The van der Waals surface area contributed by atoms with E-state index in [4.69, 9.17) is 0 Å². The monoisotopic (exact) mass is 412 g/mol. The number of nitrogens with zero attached hydrogens (tertiary/aromatic N) is 1. The Morgan fingerprint density at radius 1 is 1.06 bits per heavy atom. The van der Waals surface area contributed by atoms with E-state index in [1.807, 2.05) is 30.3 Å². The molecule has 0 fully saturated rings. The zero-order chi connectivity index (χ0) is 21.5. The molecular weight excluding hydrogens is 395 g/mol. The van der Waals surface area contributed by atoms with E-state index in [9.17, 15) is 14.0 Å². The van der Waals surface area contributed by atoms with Crippen molar-refractivity contribution in [1.82, 2.24) is 10.4 Å². The van der Waals surface area contributed by atoms with Crippen LogP contribution in [0.3, 0.4) is 0 Å². The maximum Gasteiger partial charge on any atom is 0.272 e. The Hall–Kier alpha value is -4.26. The molecule has 7 heteroatoms. The molecule has 152 valence electrons. The van der Waals surface area contributed by atoms with Crippen LogP contribution in [0.15, 0.2) is 65.8 Å². The quantitative estimate of drug-likeness (QED) is 0.459. The molecule has 1 aromatic heterocycles. The standard InChI is InChI=1S/C24H17FN4O2/c1-13-16(8-5-9-19(13)25)23(30)27-15-10-17-21-18(12-26-29-24(17)31)22(28-20(21)11-15)14-6-3-2-4-7-14/h2-12,28H,1H3,(H,27,30)(H,29,31). The smallest absolute Gasteiger partial charge is 0.272 e. The minimum Gasteiger partial charge on any atom is -0.354 e. The van der Waals surface area contributed by atoms with E-state index in [1.165, 1.54) is 12.1 Å². The van der Waals surface area contributed by atoms with Crippen molar-refractivity contribution in [3.05, 3.63) is 88.7 Å². The number of anilines is 1. The van der Waals surface area contributed by atoms with Crippen molar-refractivity contribution in [2.45, 2.75) is 6.92 Å². The van der Waals surface area contributed by atoms with Gasteiger partial charge in [-0.15, -0.1) is 0 Å². The van der Waals surface area contributed by atoms with Crippen molar-refractivity contribution in [3.8, 4) is 11.3 Å². The lowest BCUT2D eigenvalue weighted by atomic mass is 10.0. The van der Waals surface area contributed by atoms with E-state index in [2.05, 4.69) is 20.8 Å². The third kappa shape index (κ3) is 3.16. The fourth-order valence-corrected chi connectivity index (χ4v) is 3.84. The highest BCUT2D eigenvalue weighted by molar-refractivity contribution is 6.18. The molecule has 1 aliphatic heterocycles. The van der Waals surface area contributed by atoms with Gasteiger partial charge in [-0.2, -0.15) is 5.10 Å². The van der Waals surface area contributed by atoms with Gasteiger partial charge in [0.1, 0.15) is 5.82 Å². The lowest BCUT2D eigenvalue weighted by molar-refractivity contribution is 0.0955. The third-order valence-corrected chi connectivity index (χ3v) is 5.37. The van der Waals surface area contributed by atoms with Gasteiger partial charge in [-0.1, -0.05) is 36.4 Å². The van der Waals surface area contributed by atoms with Crippen molar-refractivity contribution in [2.24, 2.45) is 5.10 Å². The van der Waals surface area contributed by atoms with Gasteiger partial charge in [0.15, 0.2) is 0 Å². The Morgan fingerprint density at radius 3 is 2.68 bits per heavy atom. The average molecular weight is 412 g/mol. The number of H-pyrrole nitrogens is 1. The van der Waals surface area contributed by atoms with Gasteiger partial charge < -0.3 is 10.3 Å². The maximum absolute atomic E-state index is 13.9. The number of hydrogen-bond donors (Lipinski definition) is 3. The van der Waals surface area contributed by atoms with Gasteiger partial charge >= 0.3 is 0 Å². The molecule has 6 nitrogen and oxygen atoms in total. The molecule has 3 aromatic carbocycles. The maximum atomic E-state index is 13.9. The van der Waals surface area contributed by atoms with Crippen LogP contribution >= 0.6 is 0 Å². The highest BCUT2D eigenvalue weighted by Gasteiger charge is 2.22. The third-order valence-electron chi connectivity index (χ3n) is 5.37. The SMILES string of the molecule is Cc1c(F)cccc1C(=O)Nc1cc2c3c(c(-c4ccccc4)[nH]c3c1)C=NNC2=O. The van der Waals surface area contributed by atoms with Crippen LogP contribution in [0, 0.1) is 12.7 Å². The fraction of sp³-hybridized carbons (Fsp3) is 0.0417.